The van der Waals surface area contributed by atoms with Crippen molar-refractivity contribution in [1.29, 1.82) is 0 Å². The number of hydrogen-bond acceptors (Lipinski definition) is 3. The minimum atomic E-state index is -3.46. The number of pyridine rings is 1. The van der Waals surface area contributed by atoms with Crippen LogP contribution in [0.5, 0.6) is 0 Å². The normalized spacial score (nSPS) is 11.8. The lowest BCUT2D eigenvalue weighted by molar-refractivity contribution is 0.526. The Hall–Kier alpha value is -0.660. The standard InChI is InChI=1S/C8H12BrN3O2S/c1-6-7(4-5-8(9)10-6)11-15(13,14)12(2)3/h4-5,11H,1-3H3. The van der Waals surface area contributed by atoms with Crippen LogP contribution >= 0.6 is 15.9 Å². The molecule has 0 fully saturated rings. The maximum absolute atomic E-state index is 11.5. The van der Waals surface area contributed by atoms with Gasteiger partial charge in [0.2, 0.25) is 0 Å². The molecule has 1 aromatic rings. The highest BCUT2D eigenvalue weighted by Crippen LogP contribution is 2.17. The quantitative estimate of drug-likeness (QED) is 0.856. The second-order valence-electron chi connectivity index (χ2n) is 3.16. The van der Waals surface area contributed by atoms with Crippen LogP contribution in [0.3, 0.4) is 0 Å². The van der Waals surface area contributed by atoms with Crippen molar-refractivity contribution < 1.29 is 8.42 Å². The molecule has 15 heavy (non-hydrogen) atoms. The topological polar surface area (TPSA) is 62.3 Å². The minimum Gasteiger partial charge on any atom is -0.269 e. The molecule has 0 aliphatic carbocycles. The summed E-state index contributed by atoms with van der Waals surface area (Å²) in [6.45, 7) is 1.73. The van der Waals surface area contributed by atoms with Crippen molar-refractivity contribution >= 4 is 31.8 Å². The molecule has 1 aromatic heterocycles. The third-order valence-corrected chi connectivity index (χ3v) is 3.65. The smallest absolute Gasteiger partial charge is 0.269 e. The van der Waals surface area contributed by atoms with Gasteiger partial charge >= 0.3 is 10.2 Å². The van der Waals surface area contributed by atoms with E-state index in [0.717, 1.165) is 4.31 Å². The zero-order valence-corrected chi connectivity index (χ0v) is 11.1. The van der Waals surface area contributed by atoms with E-state index in [2.05, 4.69) is 25.6 Å². The Morgan fingerprint density at radius 3 is 2.47 bits per heavy atom. The summed E-state index contributed by atoms with van der Waals surface area (Å²) >= 11 is 3.21. The van der Waals surface area contributed by atoms with Gasteiger partial charge in [0.15, 0.2) is 0 Å². The molecular weight excluding hydrogens is 282 g/mol. The van der Waals surface area contributed by atoms with E-state index >= 15 is 0 Å². The Bertz CT molecular complexity index is 459. The fourth-order valence-corrected chi connectivity index (χ4v) is 1.94. The van der Waals surface area contributed by atoms with Crippen LogP contribution in [0.1, 0.15) is 5.69 Å². The predicted octanol–water partition coefficient (Wildman–Crippen LogP) is 1.37. The fourth-order valence-electron chi connectivity index (χ4n) is 0.869. The van der Waals surface area contributed by atoms with Crippen LogP contribution in [0.4, 0.5) is 5.69 Å². The van der Waals surface area contributed by atoms with Crippen LogP contribution in [0, 0.1) is 6.92 Å². The van der Waals surface area contributed by atoms with Gasteiger partial charge in [-0.15, -0.1) is 0 Å². The van der Waals surface area contributed by atoms with Gasteiger partial charge in [-0.1, -0.05) is 0 Å². The van der Waals surface area contributed by atoms with Crippen LogP contribution in [0.15, 0.2) is 16.7 Å². The first-order chi connectivity index (χ1) is 6.83. The molecule has 0 unspecified atom stereocenters. The molecule has 0 saturated heterocycles. The SMILES string of the molecule is Cc1nc(Br)ccc1NS(=O)(=O)N(C)C. The van der Waals surface area contributed by atoms with Gasteiger partial charge in [-0.25, -0.2) is 4.98 Å². The molecule has 0 aromatic carbocycles. The van der Waals surface area contributed by atoms with Crippen molar-refractivity contribution in [2.24, 2.45) is 0 Å². The highest BCUT2D eigenvalue weighted by atomic mass is 79.9. The molecule has 5 nitrogen and oxygen atoms in total. The van der Waals surface area contributed by atoms with Gasteiger partial charge in [-0.05, 0) is 35.0 Å². The highest BCUT2D eigenvalue weighted by molar-refractivity contribution is 9.10. The van der Waals surface area contributed by atoms with Crippen molar-refractivity contribution in [3.8, 4) is 0 Å². The van der Waals surface area contributed by atoms with Gasteiger partial charge in [-0.2, -0.15) is 12.7 Å². The van der Waals surface area contributed by atoms with Crippen molar-refractivity contribution in [2.45, 2.75) is 6.92 Å². The molecule has 1 heterocycles. The van der Waals surface area contributed by atoms with Crippen LogP contribution in [-0.4, -0.2) is 31.8 Å². The summed E-state index contributed by atoms with van der Waals surface area (Å²) in [5.41, 5.74) is 1.10. The summed E-state index contributed by atoms with van der Waals surface area (Å²) in [6, 6.07) is 3.34. The molecule has 0 aliphatic rings. The van der Waals surface area contributed by atoms with E-state index in [0.29, 0.717) is 16.0 Å². The third-order valence-electron chi connectivity index (χ3n) is 1.77. The highest BCUT2D eigenvalue weighted by Gasteiger charge is 2.14. The van der Waals surface area contributed by atoms with Gasteiger partial charge in [-0.3, -0.25) is 4.72 Å². The van der Waals surface area contributed by atoms with E-state index in [1.807, 2.05) is 0 Å². The molecule has 0 bridgehead atoms. The first kappa shape index (κ1) is 12.4. The van der Waals surface area contributed by atoms with E-state index in [-0.39, 0.29) is 0 Å². The lowest BCUT2D eigenvalue weighted by Gasteiger charge is -2.14. The summed E-state index contributed by atoms with van der Waals surface area (Å²) in [7, 11) is -0.534. The van der Waals surface area contributed by atoms with Crippen molar-refractivity contribution in [3.05, 3.63) is 22.4 Å². The second kappa shape index (κ2) is 4.46. The van der Waals surface area contributed by atoms with Gasteiger partial charge in [0.05, 0.1) is 11.4 Å². The van der Waals surface area contributed by atoms with E-state index in [1.165, 1.54) is 14.1 Å². The Morgan fingerprint density at radius 2 is 2.00 bits per heavy atom. The molecule has 84 valence electrons. The number of anilines is 1. The zero-order chi connectivity index (χ0) is 11.6. The minimum absolute atomic E-state index is 0.479. The average molecular weight is 294 g/mol. The van der Waals surface area contributed by atoms with Crippen LogP contribution in [0.2, 0.25) is 0 Å². The first-order valence-corrected chi connectivity index (χ1v) is 6.39. The summed E-state index contributed by atoms with van der Waals surface area (Å²) in [4.78, 5) is 4.09. The van der Waals surface area contributed by atoms with Crippen LogP contribution in [-0.2, 0) is 10.2 Å². The van der Waals surface area contributed by atoms with Crippen molar-refractivity contribution in [2.75, 3.05) is 18.8 Å². The predicted molar refractivity (Wildman–Crippen MR) is 62.9 cm³/mol. The molecule has 0 atom stereocenters. The van der Waals surface area contributed by atoms with Gasteiger partial charge < -0.3 is 0 Å². The van der Waals surface area contributed by atoms with Crippen molar-refractivity contribution in [3.63, 3.8) is 0 Å². The summed E-state index contributed by atoms with van der Waals surface area (Å²) in [5.74, 6) is 0. The average Bonchev–Trinajstić information content (AvgIpc) is 2.09. The Kier molecular flexibility index (Phi) is 3.69. The van der Waals surface area contributed by atoms with Crippen LogP contribution in [0.25, 0.3) is 0 Å². The number of aryl methyl sites for hydroxylation is 1. The van der Waals surface area contributed by atoms with E-state index in [4.69, 9.17) is 0 Å². The van der Waals surface area contributed by atoms with E-state index < -0.39 is 10.2 Å². The van der Waals surface area contributed by atoms with Gasteiger partial charge in [0.1, 0.15) is 4.60 Å². The summed E-state index contributed by atoms with van der Waals surface area (Å²) < 4.78 is 27.2. The molecule has 7 heteroatoms. The Labute approximate surface area is 97.8 Å². The third kappa shape index (κ3) is 3.15. The van der Waals surface area contributed by atoms with Crippen LogP contribution < -0.4 is 4.72 Å². The monoisotopic (exact) mass is 293 g/mol. The molecule has 1 N–H and O–H groups in total. The summed E-state index contributed by atoms with van der Waals surface area (Å²) in [6.07, 6.45) is 0. The summed E-state index contributed by atoms with van der Waals surface area (Å²) in [5, 5.41) is 0. The van der Waals surface area contributed by atoms with E-state index in [1.54, 1.807) is 19.1 Å². The number of nitrogens with one attached hydrogen (secondary N) is 1. The number of halogens is 1. The zero-order valence-electron chi connectivity index (χ0n) is 8.65. The maximum Gasteiger partial charge on any atom is 0.301 e. The van der Waals surface area contributed by atoms with Crippen molar-refractivity contribution in [1.82, 2.24) is 9.29 Å². The number of rotatable bonds is 3. The molecule has 0 radical (unpaired) electrons. The van der Waals surface area contributed by atoms with Gasteiger partial charge in [0.25, 0.3) is 0 Å². The second-order valence-corrected chi connectivity index (χ2v) is 5.85. The number of hydrogen-bond donors (Lipinski definition) is 1. The lowest BCUT2D eigenvalue weighted by atomic mass is 10.3. The Balaban J connectivity index is 3.01. The Morgan fingerprint density at radius 1 is 1.40 bits per heavy atom. The molecule has 1 rings (SSSR count). The molecular formula is C8H12BrN3O2S. The first-order valence-electron chi connectivity index (χ1n) is 4.16. The molecule has 0 aliphatic heterocycles. The molecule has 0 amide bonds. The molecule has 0 saturated carbocycles. The maximum atomic E-state index is 11.5. The number of nitrogens with zero attached hydrogens (tertiary/aromatic N) is 2. The fraction of sp³-hybridized carbons (Fsp3) is 0.375. The molecule has 0 spiro atoms. The lowest BCUT2D eigenvalue weighted by Crippen LogP contribution is -2.29. The van der Waals surface area contributed by atoms with Gasteiger partial charge in [0, 0.05) is 14.1 Å². The largest absolute Gasteiger partial charge is 0.301 e. The number of aromatic nitrogens is 1. The van der Waals surface area contributed by atoms with E-state index in [9.17, 15) is 8.42 Å².